The van der Waals surface area contributed by atoms with Crippen molar-refractivity contribution in [2.24, 2.45) is 0 Å². The molecule has 1 aromatic carbocycles. The summed E-state index contributed by atoms with van der Waals surface area (Å²) < 4.78 is 31.2. The lowest BCUT2D eigenvalue weighted by Gasteiger charge is -2.34. The van der Waals surface area contributed by atoms with E-state index in [1.807, 2.05) is 0 Å². The van der Waals surface area contributed by atoms with E-state index in [0.717, 1.165) is 4.90 Å². The van der Waals surface area contributed by atoms with Crippen LogP contribution in [-0.2, 0) is 4.79 Å². The van der Waals surface area contributed by atoms with Gasteiger partial charge in [-0.15, -0.1) is 0 Å². The maximum absolute atomic E-state index is 13.3. The molecule has 0 spiro atoms. The molecule has 2 heterocycles. The second kappa shape index (κ2) is 8.31. The number of amides is 3. The monoisotopic (exact) mass is 432 g/mol. The maximum atomic E-state index is 13.3. The van der Waals surface area contributed by atoms with Gasteiger partial charge in [-0.2, -0.15) is 8.78 Å². The molecule has 0 fully saturated rings. The Morgan fingerprint density at radius 1 is 1.35 bits per heavy atom. The Labute approximate surface area is 177 Å². The molecule has 3 rings (SSSR count). The van der Waals surface area contributed by atoms with Crippen LogP contribution in [0.15, 0.2) is 55.3 Å². The van der Waals surface area contributed by atoms with Crippen molar-refractivity contribution in [1.29, 1.82) is 0 Å². The third-order valence-electron chi connectivity index (χ3n) is 4.54. The van der Waals surface area contributed by atoms with Crippen molar-refractivity contribution in [3.8, 4) is 5.75 Å². The SMILES string of the molecule is C=CC(F)(F)Oc1ccc([C@H](NC(=O)N2CC(=O)Nc3cccnc32)C(C)(C)O)cc1. The molecule has 164 valence electrons. The average molecular weight is 432 g/mol. The summed E-state index contributed by atoms with van der Waals surface area (Å²) in [6, 6.07) is 7.15. The number of benzene rings is 1. The van der Waals surface area contributed by atoms with Crippen molar-refractivity contribution in [1.82, 2.24) is 10.3 Å². The molecule has 1 aliphatic rings. The van der Waals surface area contributed by atoms with Crippen molar-refractivity contribution < 1.29 is 28.2 Å². The van der Waals surface area contributed by atoms with Crippen LogP contribution in [0.4, 0.5) is 25.1 Å². The highest BCUT2D eigenvalue weighted by Crippen LogP contribution is 2.31. The van der Waals surface area contributed by atoms with Gasteiger partial charge in [0, 0.05) is 12.3 Å². The molecule has 0 radical (unpaired) electrons. The summed E-state index contributed by atoms with van der Waals surface area (Å²) in [6.45, 7) is 5.74. The van der Waals surface area contributed by atoms with Gasteiger partial charge in [0.2, 0.25) is 5.91 Å². The van der Waals surface area contributed by atoms with Crippen LogP contribution in [0.1, 0.15) is 25.5 Å². The van der Waals surface area contributed by atoms with Crippen LogP contribution in [-0.4, -0.2) is 40.3 Å². The van der Waals surface area contributed by atoms with E-state index in [-0.39, 0.29) is 24.0 Å². The van der Waals surface area contributed by atoms with E-state index in [4.69, 9.17) is 0 Å². The molecule has 2 aromatic rings. The quantitative estimate of drug-likeness (QED) is 0.608. The summed E-state index contributed by atoms with van der Waals surface area (Å²) in [5.74, 6) is -0.232. The zero-order chi connectivity index (χ0) is 22.8. The largest absolute Gasteiger partial charge is 0.429 e. The lowest BCUT2D eigenvalue weighted by molar-refractivity contribution is -0.131. The minimum Gasteiger partial charge on any atom is -0.429 e. The highest BCUT2D eigenvalue weighted by Gasteiger charge is 2.35. The zero-order valence-corrected chi connectivity index (χ0v) is 16.9. The Kier molecular flexibility index (Phi) is 5.94. The first-order valence-electron chi connectivity index (χ1n) is 9.36. The minimum atomic E-state index is -3.53. The van der Waals surface area contributed by atoms with Crippen LogP contribution in [0.5, 0.6) is 5.75 Å². The number of nitrogens with zero attached hydrogens (tertiary/aromatic N) is 2. The molecule has 8 nitrogen and oxygen atoms in total. The number of rotatable bonds is 6. The Bertz CT molecular complexity index is 990. The molecule has 0 saturated heterocycles. The summed E-state index contributed by atoms with van der Waals surface area (Å²) in [5, 5.41) is 16.0. The van der Waals surface area contributed by atoms with Gasteiger partial charge in [-0.1, -0.05) is 18.7 Å². The number of halogens is 2. The number of carbonyl (C=O) groups is 2. The predicted octanol–water partition coefficient (Wildman–Crippen LogP) is 3.22. The molecule has 0 aliphatic carbocycles. The van der Waals surface area contributed by atoms with Gasteiger partial charge in [-0.25, -0.2) is 9.78 Å². The normalized spacial score (nSPS) is 14.9. The molecule has 10 heteroatoms. The first kappa shape index (κ1) is 22.2. The molecular formula is C21H22F2N4O4. The van der Waals surface area contributed by atoms with Crippen molar-refractivity contribution in [2.45, 2.75) is 31.6 Å². The van der Waals surface area contributed by atoms with E-state index in [1.165, 1.54) is 44.3 Å². The third-order valence-corrected chi connectivity index (χ3v) is 4.54. The fourth-order valence-electron chi connectivity index (χ4n) is 3.08. The number of aromatic nitrogens is 1. The number of hydrogen-bond donors (Lipinski definition) is 3. The van der Waals surface area contributed by atoms with Gasteiger partial charge in [0.25, 0.3) is 0 Å². The minimum absolute atomic E-state index is 0.111. The van der Waals surface area contributed by atoms with Crippen LogP contribution < -0.4 is 20.3 Å². The van der Waals surface area contributed by atoms with Gasteiger partial charge in [-0.3, -0.25) is 9.69 Å². The summed E-state index contributed by atoms with van der Waals surface area (Å²) in [5.41, 5.74) is -0.593. The fraction of sp³-hybridized carbons (Fsp3) is 0.286. The third kappa shape index (κ3) is 5.15. The van der Waals surface area contributed by atoms with Gasteiger partial charge in [0.1, 0.15) is 12.3 Å². The van der Waals surface area contributed by atoms with E-state index in [9.17, 15) is 23.5 Å². The van der Waals surface area contributed by atoms with Crippen LogP contribution in [0.3, 0.4) is 0 Å². The number of nitrogens with one attached hydrogen (secondary N) is 2. The Morgan fingerprint density at radius 3 is 2.65 bits per heavy atom. The summed E-state index contributed by atoms with van der Waals surface area (Å²) >= 11 is 0. The van der Waals surface area contributed by atoms with Gasteiger partial charge < -0.3 is 20.5 Å². The zero-order valence-electron chi connectivity index (χ0n) is 16.9. The van der Waals surface area contributed by atoms with Gasteiger partial charge in [-0.05, 0) is 43.7 Å². The standard InChI is InChI=1S/C21H22F2N4O4/c1-4-21(22,23)31-14-9-7-13(8-10-14)17(20(2,3)30)26-19(29)27-12-16(28)25-15-6-5-11-24-18(15)27/h4-11,17,30H,1,12H2,2-3H3,(H,25,28)(H,26,29)/t17-/m0/s1. The number of hydrogen-bond acceptors (Lipinski definition) is 5. The molecule has 1 atom stereocenters. The summed E-state index contributed by atoms with van der Waals surface area (Å²) in [6.07, 6.45) is -1.66. The maximum Gasteiger partial charge on any atom is 0.419 e. The Hall–Kier alpha value is -3.53. The lowest BCUT2D eigenvalue weighted by Crippen LogP contribution is -2.51. The molecule has 1 aromatic heterocycles. The highest BCUT2D eigenvalue weighted by molar-refractivity contribution is 6.08. The number of ether oxygens (including phenoxy) is 1. The molecule has 0 unspecified atom stereocenters. The first-order chi connectivity index (χ1) is 14.5. The molecule has 3 N–H and O–H groups in total. The summed E-state index contributed by atoms with van der Waals surface area (Å²) in [7, 11) is 0. The number of aliphatic hydroxyl groups is 1. The van der Waals surface area contributed by atoms with Gasteiger partial charge in [0.05, 0.1) is 17.3 Å². The molecule has 3 amide bonds. The Balaban J connectivity index is 1.84. The van der Waals surface area contributed by atoms with Crippen molar-refractivity contribution in [2.75, 3.05) is 16.8 Å². The van der Waals surface area contributed by atoms with Crippen LogP contribution >= 0.6 is 0 Å². The van der Waals surface area contributed by atoms with E-state index < -0.39 is 23.8 Å². The highest BCUT2D eigenvalue weighted by atomic mass is 19.3. The molecule has 1 aliphatic heterocycles. The van der Waals surface area contributed by atoms with E-state index >= 15 is 0 Å². The Morgan fingerprint density at radius 2 is 2.03 bits per heavy atom. The summed E-state index contributed by atoms with van der Waals surface area (Å²) in [4.78, 5) is 30.3. The second-order valence-electron chi connectivity index (χ2n) is 7.48. The van der Waals surface area contributed by atoms with E-state index in [0.29, 0.717) is 17.3 Å². The van der Waals surface area contributed by atoms with Crippen molar-refractivity contribution in [3.63, 3.8) is 0 Å². The number of fused-ring (bicyclic) bond motifs is 1. The van der Waals surface area contributed by atoms with Gasteiger partial charge in [0.15, 0.2) is 5.82 Å². The molecule has 31 heavy (non-hydrogen) atoms. The van der Waals surface area contributed by atoms with E-state index in [1.54, 1.807) is 12.1 Å². The first-order valence-corrected chi connectivity index (χ1v) is 9.36. The van der Waals surface area contributed by atoms with Crippen LogP contribution in [0.25, 0.3) is 0 Å². The number of alkyl halides is 2. The van der Waals surface area contributed by atoms with Crippen molar-refractivity contribution in [3.05, 3.63) is 60.8 Å². The van der Waals surface area contributed by atoms with Gasteiger partial charge >= 0.3 is 12.1 Å². The molecule has 0 bridgehead atoms. The molecule has 0 saturated carbocycles. The van der Waals surface area contributed by atoms with Crippen LogP contribution in [0, 0.1) is 0 Å². The smallest absolute Gasteiger partial charge is 0.419 e. The second-order valence-corrected chi connectivity index (χ2v) is 7.48. The van der Waals surface area contributed by atoms with Crippen LogP contribution in [0.2, 0.25) is 0 Å². The predicted molar refractivity (Wildman–Crippen MR) is 110 cm³/mol. The average Bonchev–Trinajstić information content (AvgIpc) is 2.71. The molecular weight excluding hydrogens is 410 g/mol. The van der Waals surface area contributed by atoms with Crippen molar-refractivity contribution >= 4 is 23.4 Å². The number of carbonyl (C=O) groups excluding carboxylic acids is 2. The van der Waals surface area contributed by atoms with E-state index in [2.05, 4.69) is 26.9 Å². The number of urea groups is 1. The number of pyridine rings is 1. The topological polar surface area (TPSA) is 104 Å². The number of anilines is 2. The fourth-order valence-corrected chi connectivity index (χ4v) is 3.08. The lowest BCUT2D eigenvalue weighted by atomic mass is 9.92.